The van der Waals surface area contributed by atoms with Gasteiger partial charge in [0.1, 0.15) is 0 Å². The lowest BCUT2D eigenvalue weighted by molar-refractivity contribution is 0.0377. The standard InChI is InChI=1S/C19H36N4O.HI/c1-2-20-19(21-7-3-9-23-10-12-24-13-11-23)22-8-6-18-15-16-4-5-17(18)14-16;/h16-18H,2-15H2,1H3,(H2,20,21,22);1H. The minimum atomic E-state index is 0. The molecule has 0 aromatic heterocycles. The number of morpholine rings is 1. The first-order chi connectivity index (χ1) is 11.8. The highest BCUT2D eigenvalue weighted by molar-refractivity contribution is 14.0. The number of halogens is 1. The van der Waals surface area contributed by atoms with Crippen LogP contribution in [0, 0.1) is 17.8 Å². The Bertz CT molecular complexity index is 401. The Balaban J connectivity index is 0.00000225. The molecular weight excluding hydrogens is 427 g/mol. The molecule has 0 spiro atoms. The van der Waals surface area contributed by atoms with Crippen LogP contribution in [-0.4, -0.2) is 63.3 Å². The van der Waals surface area contributed by atoms with Crippen molar-refractivity contribution >= 4 is 29.9 Å². The number of hydrogen-bond donors (Lipinski definition) is 2. The summed E-state index contributed by atoms with van der Waals surface area (Å²) in [5.41, 5.74) is 0. The van der Waals surface area contributed by atoms with Crippen molar-refractivity contribution in [1.82, 2.24) is 15.5 Å². The number of hydrogen-bond acceptors (Lipinski definition) is 3. The summed E-state index contributed by atoms with van der Waals surface area (Å²) in [4.78, 5) is 7.23. The van der Waals surface area contributed by atoms with Gasteiger partial charge in [0.15, 0.2) is 5.96 Å². The molecule has 25 heavy (non-hydrogen) atoms. The predicted molar refractivity (Wildman–Crippen MR) is 115 cm³/mol. The molecule has 3 fully saturated rings. The lowest BCUT2D eigenvalue weighted by Gasteiger charge is -2.26. The van der Waals surface area contributed by atoms with Gasteiger partial charge in [-0.25, -0.2) is 0 Å². The molecule has 3 aliphatic rings. The Morgan fingerprint density at radius 2 is 2.00 bits per heavy atom. The molecule has 5 nitrogen and oxygen atoms in total. The average molecular weight is 464 g/mol. The van der Waals surface area contributed by atoms with Gasteiger partial charge in [-0.2, -0.15) is 0 Å². The van der Waals surface area contributed by atoms with Crippen LogP contribution in [-0.2, 0) is 4.74 Å². The first kappa shape index (κ1) is 21.2. The van der Waals surface area contributed by atoms with Gasteiger partial charge in [0.25, 0.3) is 0 Å². The number of nitrogens with one attached hydrogen (secondary N) is 2. The summed E-state index contributed by atoms with van der Waals surface area (Å²) < 4.78 is 5.39. The molecule has 3 atom stereocenters. The smallest absolute Gasteiger partial charge is 0.191 e. The minimum absolute atomic E-state index is 0. The van der Waals surface area contributed by atoms with Crippen molar-refractivity contribution in [2.75, 3.05) is 52.5 Å². The lowest BCUT2D eigenvalue weighted by atomic mass is 9.86. The first-order valence-electron chi connectivity index (χ1n) is 10.2. The van der Waals surface area contributed by atoms with E-state index in [2.05, 4.69) is 22.5 Å². The molecule has 0 aromatic carbocycles. The Kier molecular flexibility index (Phi) is 9.84. The number of rotatable bonds is 8. The molecule has 0 aromatic rings. The van der Waals surface area contributed by atoms with Gasteiger partial charge >= 0.3 is 0 Å². The SMILES string of the molecule is CCNC(=NCCCN1CCOCC1)NCCC1CC2CCC1C2.I. The number of aliphatic imine (C=N–C) groups is 1. The quantitative estimate of drug-likeness (QED) is 0.251. The van der Waals surface area contributed by atoms with Gasteiger partial charge < -0.3 is 15.4 Å². The van der Waals surface area contributed by atoms with Crippen molar-refractivity contribution < 1.29 is 4.74 Å². The molecule has 1 saturated heterocycles. The Hall–Kier alpha value is -0.0800. The summed E-state index contributed by atoms with van der Waals surface area (Å²) in [5, 5.41) is 6.94. The Morgan fingerprint density at radius 3 is 2.68 bits per heavy atom. The van der Waals surface area contributed by atoms with Crippen LogP contribution >= 0.6 is 24.0 Å². The first-order valence-corrected chi connectivity index (χ1v) is 10.2. The largest absolute Gasteiger partial charge is 0.379 e. The van der Waals surface area contributed by atoms with Gasteiger partial charge in [0.05, 0.1) is 13.2 Å². The monoisotopic (exact) mass is 464 g/mol. The van der Waals surface area contributed by atoms with E-state index in [-0.39, 0.29) is 24.0 Å². The van der Waals surface area contributed by atoms with Crippen LogP contribution in [0.15, 0.2) is 4.99 Å². The molecule has 3 unspecified atom stereocenters. The second-order valence-electron chi connectivity index (χ2n) is 7.72. The molecule has 1 heterocycles. The molecule has 1 aliphatic heterocycles. The average Bonchev–Trinajstić information content (AvgIpc) is 3.22. The van der Waals surface area contributed by atoms with E-state index >= 15 is 0 Å². The summed E-state index contributed by atoms with van der Waals surface area (Å²) >= 11 is 0. The van der Waals surface area contributed by atoms with Gasteiger partial charge in [0.2, 0.25) is 0 Å². The number of fused-ring (bicyclic) bond motifs is 2. The number of guanidine groups is 1. The molecule has 2 aliphatic carbocycles. The van der Waals surface area contributed by atoms with Crippen LogP contribution in [0.25, 0.3) is 0 Å². The van der Waals surface area contributed by atoms with Crippen LogP contribution in [0.3, 0.4) is 0 Å². The molecule has 2 saturated carbocycles. The van der Waals surface area contributed by atoms with Gasteiger partial charge in [-0.1, -0.05) is 6.42 Å². The van der Waals surface area contributed by atoms with Gasteiger partial charge in [0, 0.05) is 39.3 Å². The predicted octanol–water partition coefficient (Wildman–Crippen LogP) is 2.71. The van der Waals surface area contributed by atoms with E-state index in [9.17, 15) is 0 Å². The van der Waals surface area contributed by atoms with Crippen molar-refractivity contribution in [2.45, 2.75) is 45.4 Å². The zero-order valence-corrected chi connectivity index (χ0v) is 18.2. The van der Waals surface area contributed by atoms with Crippen molar-refractivity contribution in [2.24, 2.45) is 22.7 Å². The highest BCUT2D eigenvalue weighted by atomic mass is 127. The fourth-order valence-corrected chi connectivity index (χ4v) is 4.76. The minimum Gasteiger partial charge on any atom is -0.379 e. The van der Waals surface area contributed by atoms with Crippen molar-refractivity contribution in [3.05, 3.63) is 0 Å². The maximum absolute atomic E-state index is 5.39. The van der Waals surface area contributed by atoms with Crippen LogP contribution in [0.1, 0.15) is 45.4 Å². The number of ether oxygens (including phenoxy) is 1. The third-order valence-corrected chi connectivity index (χ3v) is 6.04. The van der Waals surface area contributed by atoms with Gasteiger partial charge in [-0.05, 0) is 56.8 Å². The molecule has 6 heteroatoms. The molecule has 2 N–H and O–H groups in total. The van der Waals surface area contributed by atoms with E-state index in [0.29, 0.717) is 0 Å². The third kappa shape index (κ3) is 6.86. The van der Waals surface area contributed by atoms with Crippen molar-refractivity contribution in [3.63, 3.8) is 0 Å². The van der Waals surface area contributed by atoms with E-state index < -0.39 is 0 Å². The van der Waals surface area contributed by atoms with Crippen molar-refractivity contribution in [1.29, 1.82) is 0 Å². The second-order valence-corrected chi connectivity index (χ2v) is 7.72. The highest BCUT2D eigenvalue weighted by Gasteiger charge is 2.38. The third-order valence-electron chi connectivity index (χ3n) is 6.04. The summed E-state index contributed by atoms with van der Waals surface area (Å²) in [6.07, 6.45) is 8.44. The topological polar surface area (TPSA) is 48.9 Å². The maximum atomic E-state index is 5.39. The highest BCUT2D eigenvalue weighted by Crippen LogP contribution is 2.49. The van der Waals surface area contributed by atoms with E-state index in [0.717, 1.165) is 82.6 Å². The Labute approximate surface area is 170 Å². The number of nitrogens with zero attached hydrogens (tertiary/aromatic N) is 2. The molecule has 146 valence electrons. The molecule has 2 bridgehead atoms. The van der Waals surface area contributed by atoms with Crippen LogP contribution in [0.4, 0.5) is 0 Å². The normalized spacial score (nSPS) is 29.5. The molecular formula is C19H37IN4O. The van der Waals surface area contributed by atoms with Crippen LogP contribution in [0.2, 0.25) is 0 Å². The van der Waals surface area contributed by atoms with E-state index in [1.165, 1.54) is 32.1 Å². The summed E-state index contributed by atoms with van der Waals surface area (Å²) in [6, 6.07) is 0. The van der Waals surface area contributed by atoms with Crippen LogP contribution < -0.4 is 10.6 Å². The van der Waals surface area contributed by atoms with Crippen LogP contribution in [0.5, 0.6) is 0 Å². The van der Waals surface area contributed by atoms with E-state index in [1.54, 1.807) is 0 Å². The fourth-order valence-electron chi connectivity index (χ4n) is 4.76. The molecule has 0 radical (unpaired) electrons. The summed E-state index contributed by atoms with van der Waals surface area (Å²) in [7, 11) is 0. The van der Waals surface area contributed by atoms with E-state index in [4.69, 9.17) is 9.73 Å². The summed E-state index contributed by atoms with van der Waals surface area (Å²) in [5.74, 6) is 4.06. The fraction of sp³-hybridized carbons (Fsp3) is 0.947. The molecule has 3 rings (SSSR count). The maximum Gasteiger partial charge on any atom is 0.191 e. The molecule has 0 amide bonds. The van der Waals surface area contributed by atoms with Crippen molar-refractivity contribution in [3.8, 4) is 0 Å². The lowest BCUT2D eigenvalue weighted by Crippen LogP contribution is -2.39. The van der Waals surface area contributed by atoms with Gasteiger partial charge in [-0.3, -0.25) is 9.89 Å². The van der Waals surface area contributed by atoms with E-state index in [1.807, 2.05) is 0 Å². The zero-order chi connectivity index (χ0) is 16.6. The Morgan fingerprint density at radius 1 is 1.16 bits per heavy atom. The summed E-state index contributed by atoms with van der Waals surface area (Å²) in [6.45, 7) is 10.1. The zero-order valence-electron chi connectivity index (χ0n) is 15.8. The van der Waals surface area contributed by atoms with Gasteiger partial charge in [-0.15, -0.1) is 24.0 Å². The second kappa shape index (κ2) is 11.6.